The Morgan fingerprint density at radius 3 is 2.85 bits per heavy atom. The van der Waals surface area contributed by atoms with Gasteiger partial charge in [0.15, 0.2) is 5.69 Å². The Morgan fingerprint density at radius 1 is 1.31 bits per heavy atom. The maximum atomic E-state index is 12.7. The van der Waals surface area contributed by atoms with E-state index in [1.807, 2.05) is 29.8 Å². The fourth-order valence-electron chi connectivity index (χ4n) is 3.91. The number of carbonyl (C=O) groups is 1. The van der Waals surface area contributed by atoms with Crippen LogP contribution in [0, 0.1) is 6.92 Å². The number of nitrogens with zero attached hydrogens (tertiary/aromatic N) is 3. The van der Waals surface area contributed by atoms with Gasteiger partial charge in [-0.1, -0.05) is 22.9 Å². The Hall–Kier alpha value is -1.63. The van der Waals surface area contributed by atoms with Crippen molar-refractivity contribution in [1.82, 2.24) is 25.6 Å². The predicted octanol–water partition coefficient (Wildman–Crippen LogP) is 3.00. The van der Waals surface area contributed by atoms with Crippen LogP contribution in [0.1, 0.15) is 58.7 Å². The monoisotopic (exact) mass is 395 g/mol. The third kappa shape index (κ3) is 3.59. The summed E-state index contributed by atoms with van der Waals surface area (Å²) in [5, 5.41) is 15.6. The second-order valence-corrected chi connectivity index (χ2v) is 7.29. The molecule has 1 atom stereocenters. The van der Waals surface area contributed by atoms with Crippen LogP contribution in [0.5, 0.6) is 0 Å². The van der Waals surface area contributed by atoms with E-state index in [9.17, 15) is 4.79 Å². The average Bonchev–Trinajstić information content (AvgIpc) is 3.19. The number of nitrogens with one attached hydrogen (secondary N) is 2. The van der Waals surface area contributed by atoms with Gasteiger partial charge in [-0.25, -0.2) is 4.68 Å². The first kappa shape index (κ1) is 19.1. The van der Waals surface area contributed by atoms with E-state index in [0.717, 1.165) is 55.1 Å². The van der Waals surface area contributed by atoms with Crippen molar-refractivity contribution in [3.05, 3.63) is 45.7 Å². The van der Waals surface area contributed by atoms with Crippen molar-refractivity contribution < 1.29 is 4.79 Å². The van der Waals surface area contributed by atoms with E-state index >= 15 is 0 Å². The second kappa shape index (κ2) is 7.94. The maximum Gasteiger partial charge on any atom is 0.274 e. The molecule has 1 aliphatic heterocycles. The SMILES string of the molecule is Cc1c(C(=O)NC2CCc3cc(Cl)ccc32)nnn1C1CCNCC1.Cl. The molecule has 1 aliphatic carbocycles. The standard InChI is InChI=1S/C18H22ClN5O.ClH/c1-11-17(22-23-24(11)14-6-8-20-9-7-14)18(25)21-16-5-2-12-10-13(19)3-4-15(12)16;/h3-4,10,14,16,20H,2,5-9H2,1H3,(H,21,25);1H. The highest BCUT2D eigenvalue weighted by Gasteiger charge is 2.27. The van der Waals surface area contributed by atoms with Gasteiger partial charge in [0, 0.05) is 5.02 Å². The van der Waals surface area contributed by atoms with Crippen molar-refractivity contribution in [2.75, 3.05) is 13.1 Å². The smallest absolute Gasteiger partial charge is 0.274 e. The van der Waals surface area contributed by atoms with Crippen LogP contribution < -0.4 is 10.6 Å². The van der Waals surface area contributed by atoms with E-state index in [1.165, 1.54) is 5.56 Å². The molecule has 1 amide bonds. The van der Waals surface area contributed by atoms with E-state index in [-0.39, 0.29) is 24.4 Å². The van der Waals surface area contributed by atoms with Crippen LogP contribution in [-0.4, -0.2) is 34.0 Å². The van der Waals surface area contributed by atoms with Crippen LogP contribution in [0.3, 0.4) is 0 Å². The zero-order chi connectivity index (χ0) is 17.4. The highest BCUT2D eigenvalue weighted by atomic mass is 35.5. The van der Waals surface area contributed by atoms with Crippen molar-refractivity contribution in [2.24, 2.45) is 0 Å². The molecular weight excluding hydrogens is 373 g/mol. The number of hydrogen-bond donors (Lipinski definition) is 2. The molecule has 0 spiro atoms. The van der Waals surface area contributed by atoms with Crippen molar-refractivity contribution >= 4 is 29.9 Å². The second-order valence-electron chi connectivity index (χ2n) is 6.86. The lowest BCUT2D eigenvalue weighted by molar-refractivity contribution is 0.0931. The molecule has 1 saturated heterocycles. The van der Waals surface area contributed by atoms with Gasteiger partial charge in [-0.15, -0.1) is 17.5 Å². The predicted molar refractivity (Wildman–Crippen MR) is 103 cm³/mol. The third-order valence-electron chi connectivity index (χ3n) is 5.29. The summed E-state index contributed by atoms with van der Waals surface area (Å²) in [6, 6.07) is 6.22. The lowest BCUT2D eigenvalue weighted by Gasteiger charge is -2.23. The van der Waals surface area contributed by atoms with Crippen LogP contribution in [0.15, 0.2) is 18.2 Å². The summed E-state index contributed by atoms with van der Waals surface area (Å²) in [7, 11) is 0. The average molecular weight is 396 g/mol. The molecule has 6 nitrogen and oxygen atoms in total. The maximum absolute atomic E-state index is 12.7. The molecule has 2 aliphatic rings. The Bertz CT molecular complexity index is 801. The first-order valence-electron chi connectivity index (χ1n) is 8.85. The molecule has 0 bridgehead atoms. The highest BCUT2D eigenvalue weighted by molar-refractivity contribution is 6.30. The number of piperidine rings is 1. The number of aromatic nitrogens is 3. The van der Waals surface area contributed by atoms with Gasteiger partial charge in [0.1, 0.15) is 0 Å². The van der Waals surface area contributed by atoms with Crippen LogP contribution in [0.2, 0.25) is 5.02 Å². The molecule has 0 saturated carbocycles. The summed E-state index contributed by atoms with van der Waals surface area (Å²) in [5.74, 6) is -0.148. The summed E-state index contributed by atoms with van der Waals surface area (Å²) >= 11 is 6.06. The fraction of sp³-hybridized carbons (Fsp3) is 0.500. The number of hydrogen-bond acceptors (Lipinski definition) is 4. The Morgan fingerprint density at radius 2 is 2.08 bits per heavy atom. The lowest BCUT2D eigenvalue weighted by Crippen LogP contribution is -2.31. The van der Waals surface area contributed by atoms with E-state index in [4.69, 9.17) is 11.6 Å². The first-order chi connectivity index (χ1) is 12.1. The Balaban J connectivity index is 0.00000196. The van der Waals surface area contributed by atoms with Gasteiger partial charge in [0.2, 0.25) is 0 Å². The zero-order valence-corrected chi connectivity index (χ0v) is 16.2. The van der Waals surface area contributed by atoms with Crippen molar-refractivity contribution in [2.45, 2.75) is 44.7 Å². The van der Waals surface area contributed by atoms with Crippen LogP contribution >= 0.6 is 24.0 Å². The van der Waals surface area contributed by atoms with E-state index in [2.05, 4.69) is 20.9 Å². The number of halogens is 2. The fourth-order valence-corrected chi connectivity index (χ4v) is 4.11. The first-order valence-corrected chi connectivity index (χ1v) is 9.23. The third-order valence-corrected chi connectivity index (χ3v) is 5.52. The van der Waals surface area contributed by atoms with Gasteiger partial charge in [-0.05, 0) is 69.0 Å². The number of rotatable bonds is 3. The molecule has 2 heterocycles. The van der Waals surface area contributed by atoms with Gasteiger partial charge in [0.25, 0.3) is 5.91 Å². The van der Waals surface area contributed by atoms with E-state index in [0.29, 0.717) is 11.7 Å². The van der Waals surface area contributed by atoms with Gasteiger partial charge in [0.05, 0.1) is 17.8 Å². The van der Waals surface area contributed by atoms with Gasteiger partial charge >= 0.3 is 0 Å². The van der Waals surface area contributed by atoms with Gasteiger partial charge in [-0.3, -0.25) is 4.79 Å². The number of benzene rings is 1. The van der Waals surface area contributed by atoms with Gasteiger partial charge < -0.3 is 10.6 Å². The topological polar surface area (TPSA) is 71.8 Å². The molecule has 1 unspecified atom stereocenters. The molecule has 1 fully saturated rings. The van der Waals surface area contributed by atoms with Crippen LogP contribution in [0.4, 0.5) is 0 Å². The normalized spacial score (nSPS) is 19.7. The molecule has 1 aromatic heterocycles. The molecule has 2 aromatic rings. The minimum Gasteiger partial charge on any atom is -0.344 e. The number of fused-ring (bicyclic) bond motifs is 1. The number of carbonyl (C=O) groups excluding carboxylic acids is 1. The molecule has 4 rings (SSSR count). The molecule has 0 radical (unpaired) electrons. The van der Waals surface area contributed by atoms with Gasteiger partial charge in [-0.2, -0.15) is 0 Å². The molecular formula is C18H23Cl2N5O. The highest BCUT2D eigenvalue weighted by Crippen LogP contribution is 2.33. The van der Waals surface area contributed by atoms with Crippen LogP contribution in [0.25, 0.3) is 0 Å². The molecule has 26 heavy (non-hydrogen) atoms. The molecule has 140 valence electrons. The summed E-state index contributed by atoms with van der Waals surface area (Å²) in [4.78, 5) is 12.7. The van der Waals surface area contributed by atoms with E-state index < -0.39 is 0 Å². The summed E-state index contributed by atoms with van der Waals surface area (Å²) in [6.45, 7) is 3.89. The lowest BCUT2D eigenvalue weighted by atomic mass is 10.1. The van der Waals surface area contributed by atoms with E-state index in [1.54, 1.807) is 0 Å². The quantitative estimate of drug-likeness (QED) is 0.837. The Kier molecular flexibility index (Phi) is 5.85. The summed E-state index contributed by atoms with van der Waals surface area (Å²) in [6.07, 6.45) is 3.86. The van der Waals surface area contributed by atoms with Crippen molar-refractivity contribution in [3.8, 4) is 0 Å². The summed E-state index contributed by atoms with van der Waals surface area (Å²) < 4.78 is 1.91. The van der Waals surface area contributed by atoms with Crippen molar-refractivity contribution in [3.63, 3.8) is 0 Å². The minimum atomic E-state index is -0.148. The summed E-state index contributed by atoms with van der Waals surface area (Å²) in [5.41, 5.74) is 3.65. The zero-order valence-electron chi connectivity index (χ0n) is 14.7. The minimum absolute atomic E-state index is 0. The largest absolute Gasteiger partial charge is 0.344 e. The van der Waals surface area contributed by atoms with Crippen molar-refractivity contribution in [1.29, 1.82) is 0 Å². The van der Waals surface area contributed by atoms with Crippen LogP contribution in [-0.2, 0) is 6.42 Å². The number of amides is 1. The molecule has 8 heteroatoms. The molecule has 1 aromatic carbocycles. The number of aryl methyl sites for hydroxylation is 1. The molecule has 2 N–H and O–H groups in total. The Labute approximate surface area is 164 Å².